The Morgan fingerprint density at radius 2 is 2.10 bits per heavy atom. The van der Waals surface area contributed by atoms with Crippen molar-refractivity contribution in [1.82, 2.24) is 10.3 Å². The van der Waals surface area contributed by atoms with E-state index >= 15 is 0 Å². The van der Waals surface area contributed by atoms with Gasteiger partial charge in [0.2, 0.25) is 0 Å². The van der Waals surface area contributed by atoms with Crippen LogP contribution in [0.25, 0.3) is 10.9 Å². The lowest BCUT2D eigenvalue weighted by molar-refractivity contribution is 0.0955. The molecule has 4 heteroatoms. The average molecular weight is 266 g/mol. The Kier molecular flexibility index (Phi) is 3.46. The first kappa shape index (κ1) is 12.4. The normalized spacial score (nSPS) is 10.6. The Balaban J connectivity index is 1.72. The van der Waals surface area contributed by atoms with E-state index in [0.29, 0.717) is 18.5 Å². The first-order chi connectivity index (χ1) is 9.84. The molecule has 1 amide bonds. The second kappa shape index (κ2) is 5.57. The molecule has 3 rings (SSSR count). The van der Waals surface area contributed by atoms with Gasteiger partial charge in [-0.1, -0.05) is 12.1 Å². The fourth-order valence-corrected chi connectivity index (χ4v) is 2.15. The lowest BCUT2D eigenvalue weighted by Crippen LogP contribution is -2.25. The number of hydrogen-bond acceptors (Lipinski definition) is 3. The Hall–Kier alpha value is -2.62. The Labute approximate surface area is 116 Å². The van der Waals surface area contributed by atoms with Crippen molar-refractivity contribution < 1.29 is 9.21 Å². The molecular formula is C16H14N2O2. The van der Waals surface area contributed by atoms with Crippen LogP contribution >= 0.6 is 0 Å². The minimum absolute atomic E-state index is 0.0878. The number of furan rings is 1. The summed E-state index contributed by atoms with van der Waals surface area (Å²) in [5.41, 5.74) is 1.47. The molecule has 0 aliphatic carbocycles. The molecule has 0 aliphatic rings. The predicted octanol–water partition coefficient (Wildman–Crippen LogP) is 2.80. The standard InChI is InChI=1S/C16H14N2O2/c19-16(18-10-8-12-4-3-11-20-12)14-5-1-7-15-13(14)6-2-9-17-15/h1-7,9,11H,8,10H2,(H,18,19). The van der Waals surface area contributed by atoms with Gasteiger partial charge in [0, 0.05) is 30.1 Å². The number of nitrogens with one attached hydrogen (secondary N) is 1. The van der Waals surface area contributed by atoms with E-state index in [1.165, 1.54) is 0 Å². The van der Waals surface area contributed by atoms with Crippen molar-refractivity contribution in [1.29, 1.82) is 0 Å². The molecule has 2 heterocycles. The summed E-state index contributed by atoms with van der Waals surface area (Å²) in [7, 11) is 0. The van der Waals surface area contributed by atoms with E-state index in [4.69, 9.17) is 4.42 Å². The molecule has 4 nitrogen and oxygen atoms in total. The van der Waals surface area contributed by atoms with E-state index < -0.39 is 0 Å². The van der Waals surface area contributed by atoms with Gasteiger partial charge in [-0.3, -0.25) is 9.78 Å². The van der Waals surface area contributed by atoms with Gasteiger partial charge < -0.3 is 9.73 Å². The third-order valence-electron chi connectivity index (χ3n) is 3.13. The highest BCUT2D eigenvalue weighted by molar-refractivity contribution is 6.06. The number of rotatable bonds is 4. The number of carbonyl (C=O) groups excluding carboxylic acids is 1. The van der Waals surface area contributed by atoms with Crippen LogP contribution in [0.3, 0.4) is 0 Å². The highest BCUT2D eigenvalue weighted by Crippen LogP contribution is 2.16. The van der Waals surface area contributed by atoms with Crippen molar-refractivity contribution in [2.75, 3.05) is 6.54 Å². The molecule has 0 saturated carbocycles. The molecule has 1 N–H and O–H groups in total. The van der Waals surface area contributed by atoms with Crippen LogP contribution in [0, 0.1) is 0 Å². The maximum Gasteiger partial charge on any atom is 0.251 e. The van der Waals surface area contributed by atoms with E-state index in [0.717, 1.165) is 16.7 Å². The lowest BCUT2D eigenvalue weighted by Gasteiger charge is -2.07. The average Bonchev–Trinajstić information content (AvgIpc) is 3.00. The molecule has 100 valence electrons. The second-order valence-corrected chi connectivity index (χ2v) is 4.46. The van der Waals surface area contributed by atoms with Gasteiger partial charge in [-0.15, -0.1) is 0 Å². The number of pyridine rings is 1. The maximum atomic E-state index is 12.2. The Morgan fingerprint density at radius 3 is 2.95 bits per heavy atom. The first-order valence-corrected chi connectivity index (χ1v) is 6.49. The first-order valence-electron chi connectivity index (χ1n) is 6.49. The monoisotopic (exact) mass is 266 g/mol. The number of carbonyl (C=O) groups is 1. The van der Waals surface area contributed by atoms with Crippen molar-refractivity contribution in [3.63, 3.8) is 0 Å². The summed E-state index contributed by atoms with van der Waals surface area (Å²) in [6.45, 7) is 0.545. The topological polar surface area (TPSA) is 55.1 Å². The Morgan fingerprint density at radius 1 is 1.15 bits per heavy atom. The zero-order valence-corrected chi connectivity index (χ0v) is 10.9. The number of fused-ring (bicyclic) bond motifs is 1. The van der Waals surface area contributed by atoms with Crippen LogP contribution in [-0.4, -0.2) is 17.4 Å². The zero-order chi connectivity index (χ0) is 13.8. The smallest absolute Gasteiger partial charge is 0.251 e. The van der Waals surface area contributed by atoms with Gasteiger partial charge in [-0.05, 0) is 30.3 Å². The summed E-state index contributed by atoms with van der Waals surface area (Å²) < 4.78 is 5.23. The summed E-state index contributed by atoms with van der Waals surface area (Å²) >= 11 is 0. The van der Waals surface area contributed by atoms with Crippen molar-refractivity contribution in [2.24, 2.45) is 0 Å². The number of aromatic nitrogens is 1. The molecule has 3 aromatic rings. The molecule has 0 fully saturated rings. The van der Waals surface area contributed by atoms with Crippen molar-refractivity contribution in [3.05, 3.63) is 66.2 Å². The van der Waals surface area contributed by atoms with Crippen LogP contribution < -0.4 is 5.32 Å². The van der Waals surface area contributed by atoms with E-state index in [1.807, 2.05) is 42.5 Å². The minimum atomic E-state index is -0.0878. The SMILES string of the molecule is O=C(NCCc1ccco1)c1cccc2ncccc12. The molecule has 1 aromatic carbocycles. The summed E-state index contributed by atoms with van der Waals surface area (Å²) in [6, 6.07) is 13.0. The summed E-state index contributed by atoms with van der Waals surface area (Å²) in [5.74, 6) is 0.778. The van der Waals surface area contributed by atoms with Gasteiger partial charge in [0.1, 0.15) is 5.76 Å². The van der Waals surface area contributed by atoms with E-state index in [-0.39, 0.29) is 5.91 Å². The van der Waals surface area contributed by atoms with E-state index in [2.05, 4.69) is 10.3 Å². The molecule has 2 aromatic heterocycles. The van der Waals surface area contributed by atoms with Gasteiger partial charge >= 0.3 is 0 Å². The van der Waals surface area contributed by atoms with Gasteiger partial charge in [0.15, 0.2) is 0 Å². The Bertz CT molecular complexity index is 715. The highest BCUT2D eigenvalue weighted by atomic mass is 16.3. The summed E-state index contributed by atoms with van der Waals surface area (Å²) in [5, 5.41) is 3.77. The molecule has 0 aliphatic heterocycles. The van der Waals surface area contributed by atoms with Crippen molar-refractivity contribution >= 4 is 16.8 Å². The van der Waals surface area contributed by atoms with E-state index in [9.17, 15) is 4.79 Å². The van der Waals surface area contributed by atoms with Crippen LogP contribution in [0.15, 0.2) is 59.3 Å². The fourth-order valence-electron chi connectivity index (χ4n) is 2.15. The largest absolute Gasteiger partial charge is 0.469 e. The number of amides is 1. The third-order valence-corrected chi connectivity index (χ3v) is 3.13. The van der Waals surface area contributed by atoms with Crippen LogP contribution in [0.1, 0.15) is 16.1 Å². The van der Waals surface area contributed by atoms with Crippen molar-refractivity contribution in [2.45, 2.75) is 6.42 Å². The van der Waals surface area contributed by atoms with Crippen LogP contribution in [0.4, 0.5) is 0 Å². The molecule has 0 bridgehead atoms. The quantitative estimate of drug-likeness (QED) is 0.790. The van der Waals surface area contributed by atoms with Gasteiger partial charge in [0.05, 0.1) is 11.8 Å². The van der Waals surface area contributed by atoms with Crippen LogP contribution in [-0.2, 0) is 6.42 Å². The minimum Gasteiger partial charge on any atom is -0.469 e. The van der Waals surface area contributed by atoms with Crippen molar-refractivity contribution in [3.8, 4) is 0 Å². The molecule has 0 atom stereocenters. The van der Waals surface area contributed by atoms with Crippen LogP contribution in [0.2, 0.25) is 0 Å². The van der Waals surface area contributed by atoms with Gasteiger partial charge in [0.25, 0.3) is 5.91 Å². The second-order valence-electron chi connectivity index (χ2n) is 4.46. The number of hydrogen-bond donors (Lipinski definition) is 1. The summed E-state index contributed by atoms with van der Waals surface area (Å²) in [4.78, 5) is 16.5. The van der Waals surface area contributed by atoms with Crippen LogP contribution in [0.5, 0.6) is 0 Å². The van der Waals surface area contributed by atoms with Gasteiger partial charge in [-0.2, -0.15) is 0 Å². The molecule has 0 saturated heterocycles. The molecule has 0 radical (unpaired) electrons. The fraction of sp³-hybridized carbons (Fsp3) is 0.125. The maximum absolute atomic E-state index is 12.2. The highest BCUT2D eigenvalue weighted by Gasteiger charge is 2.09. The van der Waals surface area contributed by atoms with E-state index in [1.54, 1.807) is 12.5 Å². The molecule has 0 spiro atoms. The third kappa shape index (κ3) is 2.54. The number of nitrogens with zero attached hydrogens (tertiary/aromatic N) is 1. The lowest BCUT2D eigenvalue weighted by atomic mass is 10.1. The molecule has 20 heavy (non-hydrogen) atoms. The van der Waals surface area contributed by atoms with Gasteiger partial charge in [-0.25, -0.2) is 0 Å². The molecule has 0 unspecified atom stereocenters. The number of benzene rings is 1. The summed E-state index contributed by atoms with van der Waals surface area (Å²) in [6.07, 6.45) is 4.04. The predicted molar refractivity (Wildman–Crippen MR) is 76.5 cm³/mol. The zero-order valence-electron chi connectivity index (χ0n) is 10.9. The molecular weight excluding hydrogens is 252 g/mol.